The van der Waals surface area contributed by atoms with Crippen LogP contribution >= 0.6 is 0 Å². The highest BCUT2D eigenvalue weighted by Crippen LogP contribution is 2.19. The van der Waals surface area contributed by atoms with Crippen molar-refractivity contribution in [1.82, 2.24) is 10.2 Å². The number of ether oxygens (including phenoxy) is 1. The van der Waals surface area contributed by atoms with Crippen LogP contribution in [0.25, 0.3) is 0 Å². The lowest BCUT2D eigenvalue weighted by Crippen LogP contribution is -2.50. The molecular formula is C14H28N2O. The van der Waals surface area contributed by atoms with E-state index in [1.807, 2.05) is 0 Å². The zero-order chi connectivity index (χ0) is 12.1. The normalized spacial score (nSPS) is 24.9. The molecule has 0 bridgehead atoms. The van der Waals surface area contributed by atoms with Crippen LogP contribution in [0, 0.1) is 5.92 Å². The summed E-state index contributed by atoms with van der Waals surface area (Å²) in [5, 5.41) is 3.74. The first kappa shape index (κ1) is 13.3. The van der Waals surface area contributed by atoms with E-state index in [0.717, 1.165) is 38.3 Å². The lowest BCUT2D eigenvalue weighted by Gasteiger charge is -2.37. The quantitative estimate of drug-likeness (QED) is 0.767. The lowest BCUT2D eigenvalue weighted by atomic mass is 9.92. The molecule has 1 N–H and O–H groups in total. The number of hydrogen-bond donors (Lipinski definition) is 1. The highest BCUT2D eigenvalue weighted by atomic mass is 16.5. The molecule has 0 radical (unpaired) electrons. The Morgan fingerprint density at radius 1 is 1.24 bits per heavy atom. The van der Waals surface area contributed by atoms with Gasteiger partial charge in [-0.15, -0.1) is 0 Å². The van der Waals surface area contributed by atoms with E-state index >= 15 is 0 Å². The predicted molar refractivity (Wildman–Crippen MR) is 71.3 cm³/mol. The van der Waals surface area contributed by atoms with Crippen LogP contribution in [0.3, 0.4) is 0 Å². The molecule has 0 aromatic rings. The van der Waals surface area contributed by atoms with Crippen LogP contribution in [0.4, 0.5) is 0 Å². The molecule has 1 aliphatic carbocycles. The van der Waals surface area contributed by atoms with E-state index in [4.69, 9.17) is 4.74 Å². The molecule has 100 valence electrons. The van der Waals surface area contributed by atoms with Crippen LogP contribution in [0.1, 0.15) is 39.5 Å². The Morgan fingerprint density at radius 2 is 1.94 bits per heavy atom. The second-order valence-electron chi connectivity index (χ2n) is 5.97. The van der Waals surface area contributed by atoms with Crippen LogP contribution in [0.2, 0.25) is 0 Å². The van der Waals surface area contributed by atoms with Gasteiger partial charge in [0.15, 0.2) is 0 Å². The van der Waals surface area contributed by atoms with Gasteiger partial charge in [-0.25, -0.2) is 0 Å². The van der Waals surface area contributed by atoms with Crippen molar-refractivity contribution < 1.29 is 4.74 Å². The van der Waals surface area contributed by atoms with Gasteiger partial charge in [0.1, 0.15) is 0 Å². The summed E-state index contributed by atoms with van der Waals surface area (Å²) in [5.74, 6) is 0.783. The molecule has 3 heteroatoms. The molecule has 3 nitrogen and oxygen atoms in total. The van der Waals surface area contributed by atoms with Crippen LogP contribution in [0.5, 0.6) is 0 Å². The van der Waals surface area contributed by atoms with E-state index in [2.05, 4.69) is 24.1 Å². The van der Waals surface area contributed by atoms with Crippen LogP contribution in [-0.4, -0.2) is 49.8 Å². The first-order valence-corrected chi connectivity index (χ1v) is 7.31. The molecule has 0 aromatic carbocycles. The van der Waals surface area contributed by atoms with Gasteiger partial charge in [-0.1, -0.05) is 20.3 Å². The molecule has 1 saturated heterocycles. The Kier molecular flexibility index (Phi) is 5.26. The summed E-state index contributed by atoms with van der Waals surface area (Å²) in [6.45, 7) is 9.89. The summed E-state index contributed by atoms with van der Waals surface area (Å²) in [6, 6.07) is 1.52. The average molecular weight is 240 g/mol. The minimum atomic E-state index is 0.708. The Balaban J connectivity index is 1.77. The molecule has 1 aliphatic heterocycles. The van der Waals surface area contributed by atoms with Gasteiger partial charge in [0.25, 0.3) is 0 Å². The van der Waals surface area contributed by atoms with Gasteiger partial charge in [-0.3, -0.25) is 4.90 Å². The molecule has 1 saturated carbocycles. The van der Waals surface area contributed by atoms with Crippen molar-refractivity contribution in [2.75, 3.05) is 32.8 Å². The fourth-order valence-corrected chi connectivity index (χ4v) is 2.76. The monoisotopic (exact) mass is 240 g/mol. The van der Waals surface area contributed by atoms with Crippen molar-refractivity contribution in [3.8, 4) is 0 Å². The number of rotatable bonds is 6. The summed E-state index contributed by atoms with van der Waals surface area (Å²) in [5.41, 5.74) is 0. The summed E-state index contributed by atoms with van der Waals surface area (Å²) in [7, 11) is 0. The van der Waals surface area contributed by atoms with Crippen LogP contribution in [-0.2, 0) is 4.74 Å². The van der Waals surface area contributed by atoms with Gasteiger partial charge >= 0.3 is 0 Å². The topological polar surface area (TPSA) is 24.5 Å². The molecule has 2 fully saturated rings. The van der Waals surface area contributed by atoms with E-state index in [-0.39, 0.29) is 0 Å². The van der Waals surface area contributed by atoms with Crippen molar-refractivity contribution in [3.05, 3.63) is 0 Å². The highest BCUT2D eigenvalue weighted by molar-refractivity contribution is 4.82. The molecule has 0 aromatic heterocycles. The Hall–Kier alpha value is -0.120. The lowest BCUT2D eigenvalue weighted by molar-refractivity contribution is 0.0112. The summed E-state index contributed by atoms with van der Waals surface area (Å²) in [6.07, 6.45) is 5.50. The van der Waals surface area contributed by atoms with Crippen molar-refractivity contribution in [2.45, 2.75) is 51.6 Å². The maximum absolute atomic E-state index is 5.45. The molecule has 17 heavy (non-hydrogen) atoms. The Labute approximate surface area is 106 Å². The molecule has 0 amide bonds. The van der Waals surface area contributed by atoms with Crippen LogP contribution < -0.4 is 5.32 Å². The number of hydrogen-bond acceptors (Lipinski definition) is 3. The third-order valence-corrected chi connectivity index (χ3v) is 4.05. The smallest absolute Gasteiger partial charge is 0.0594 e. The molecule has 1 heterocycles. The van der Waals surface area contributed by atoms with E-state index in [1.165, 1.54) is 32.2 Å². The van der Waals surface area contributed by atoms with Gasteiger partial charge in [0.2, 0.25) is 0 Å². The first-order chi connectivity index (χ1) is 8.25. The number of nitrogens with one attached hydrogen (secondary N) is 1. The van der Waals surface area contributed by atoms with Gasteiger partial charge in [0, 0.05) is 31.7 Å². The third-order valence-electron chi connectivity index (χ3n) is 4.05. The molecular weight excluding hydrogens is 212 g/mol. The zero-order valence-corrected chi connectivity index (χ0v) is 11.5. The van der Waals surface area contributed by atoms with E-state index in [1.54, 1.807) is 0 Å². The fourth-order valence-electron chi connectivity index (χ4n) is 2.76. The van der Waals surface area contributed by atoms with E-state index < -0.39 is 0 Å². The maximum atomic E-state index is 5.45. The highest BCUT2D eigenvalue weighted by Gasteiger charge is 2.24. The van der Waals surface area contributed by atoms with Gasteiger partial charge in [0.05, 0.1) is 13.2 Å². The zero-order valence-electron chi connectivity index (χ0n) is 11.5. The second-order valence-corrected chi connectivity index (χ2v) is 5.97. The van der Waals surface area contributed by atoms with Crippen molar-refractivity contribution in [2.24, 2.45) is 5.92 Å². The summed E-state index contributed by atoms with van der Waals surface area (Å²) >= 11 is 0. The Morgan fingerprint density at radius 3 is 2.47 bits per heavy atom. The average Bonchev–Trinajstić information content (AvgIpc) is 2.26. The minimum Gasteiger partial charge on any atom is -0.379 e. The SMILES string of the molecule is CC(C)CC(CNC1CCC1)N1CCOCC1. The number of nitrogens with zero attached hydrogens (tertiary/aromatic N) is 1. The largest absolute Gasteiger partial charge is 0.379 e. The molecule has 1 unspecified atom stereocenters. The standard InChI is InChI=1S/C14H28N2O/c1-12(2)10-14(11-15-13-4-3-5-13)16-6-8-17-9-7-16/h12-15H,3-11H2,1-2H3. The van der Waals surface area contributed by atoms with Crippen molar-refractivity contribution in [1.29, 1.82) is 0 Å². The summed E-state index contributed by atoms with van der Waals surface area (Å²) in [4.78, 5) is 2.62. The molecule has 1 atom stereocenters. The van der Waals surface area contributed by atoms with E-state index in [0.29, 0.717) is 6.04 Å². The maximum Gasteiger partial charge on any atom is 0.0594 e. The fraction of sp³-hybridized carbons (Fsp3) is 1.00. The van der Waals surface area contributed by atoms with E-state index in [9.17, 15) is 0 Å². The van der Waals surface area contributed by atoms with Gasteiger partial charge < -0.3 is 10.1 Å². The predicted octanol–water partition coefficient (Wildman–Crippen LogP) is 1.88. The van der Waals surface area contributed by atoms with Crippen LogP contribution in [0.15, 0.2) is 0 Å². The van der Waals surface area contributed by atoms with Crippen molar-refractivity contribution >= 4 is 0 Å². The third kappa shape index (κ3) is 4.23. The second kappa shape index (κ2) is 6.72. The molecule has 2 rings (SSSR count). The van der Waals surface area contributed by atoms with Gasteiger partial charge in [-0.2, -0.15) is 0 Å². The van der Waals surface area contributed by atoms with Crippen molar-refractivity contribution in [3.63, 3.8) is 0 Å². The Bertz CT molecular complexity index is 210. The summed E-state index contributed by atoms with van der Waals surface area (Å²) < 4.78 is 5.45. The molecule has 0 spiro atoms. The minimum absolute atomic E-state index is 0.708. The van der Waals surface area contributed by atoms with Gasteiger partial charge in [-0.05, 0) is 25.2 Å². The first-order valence-electron chi connectivity index (χ1n) is 7.31. The molecule has 2 aliphatic rings. The number of morpholine rings is 1.